The minimum atomic E-state index is 0.648. The minimum absolute atomic E-state index is 0.648. The third kappa shape index (κ3) is 9.30. The van der Waals surface area contributed by atoms with Crippen LogP contribution in [0.2, 0.25) is 0 Å². The molecule has 1 aliphatic rings. The molecule has 0 N–H and O–H groups in total. The van der Waals surface area contributed by atoms with Gasteiger partial charge in [-0.3, -0.25) is 0 Å². The van der Waals surface area contributed by atoms with Crippen LogP contribution in [0.4, 0.5) is 0 Å². The quantitative estimate of drug-likeness (QED) is 0.0989. The van der Waals surface area contributed by atoms with Crippen molar-refractivity contribution < 1.29 is 4.42 Å². The Morgan fingerprint density at radius 2 is 1.16 bits per heavy atom. The molecular weight excluding hydrogens is 811 g/mol. The van der Waals surface area contributed by atoms with E-state index < -0.39 is 0 Å². The molecule has 10 aromatic rings. The largest absolute Gasteiger partial charge is 0.456 e. The summed E-state index contributed by atoms with van der Waals surface area (Å²) < 4.78 is 8.81. The fourth-order valence-corrected chi connectivity index (χ4v) is 9.14. The third-order valence-electron chi connectivity index (χ3n) is 12.8. The lowest BCUT2D eigenvalue weighted by Crippen LogP contribution is -1.93. The smallest absolute Gasteiger partial charge is 0.135 e. The second-order valence-electron chi connectivity index (χ2n) is 18.0. The number of benzene rings is 8. The summed E-state index contributed by atoms with van der Waals surface area (Å²) in [6.07, 6.45) is 8.09. The van der Waals surface area contributed by atoms with Gasteiger partial charge in [0.15, 0.2) is 0 Å². The number of aromatic nitrogens is 1. The lowest BCUT2D eigenvalue weighted by atomic mass is 9.96. The second-order valence-corrected chi connectivity index (χ2v) is 18.0. The Labute approximate surface area is 395 Å². The van der Waals surface area contributed by atoms with Crippen LogP contribution in [0.25, 0.3) is 82.8 Å². The van der Waals surface area contributed by atoms with Crippen molar-refractivity contribution in [3.05, 3.63) is 260 Å². The zero-order valence-corrected chi connectivity index (χ0v) is 39.0. The highest BCUT2D eigenvalue weighted by atomic mass is 16.3. The first-order valence-electron chi connectivity index (χ1n) is 23.2. The molecule has 2 aromatic heterocycles. The molecule has 0 radical (unpaired) electrons. The maximum atomic E-state index is 6.42. The van der Waals surface area contributed by atoms with Crippen molar-refractivity contribution in [2.24, 2.45) is 5.92 Å². The number of rotatable bonds is 10. The number of hydrogen-bond acceptors (Lipinski definition) is 1. The minimum Gasteiger partial charge on any atom is -0.456 e. The molecule has 0 saturated heterocycles. The molecule has 2 nitrogen and oxygen atoms in total. The van der Waals surface area contributed by atoms with Gasteiger partial charge in [0.1, 0.15) is 11.2 Å². The molecule has 328 valence electrons. The molecule has 2 heterocycles. The van der Waals surface area contributed by atoms with Crippen LogP contribution in [0.5, 0.6) is 0 Å². The standard InChI is InChI=1S/C51H35NO.C9H12.C5H10/c1-32-14-16-39-28-40-27-34(15-20-42(40)44(39)24-32)25-33-8-7-11-36(26-33)38-18-22-50-46(30-38)47-31-41(19-23-51(47)53-50)52-48-13-6-5-12-43(48)45-29-37(17-21-49(45)52)35-9-3-2-4-10-35;1-5-8(3)7-9(4)6-2;1-4-5(2)3/h2-24,26-27,29-31H,25,28H2,1H3;5-6H,1-4,7H2;4-5H,1H2,2-3H3. The van der Waals surface area contributed by atoms with Crippen LogP contribution in [0, 0.1) is 12.8 Å². The van der Waals surface area contributed by atoms with Gasteiger partial charge in [-0.15, -0.1) is 6.58 Å². The maximum absolute atomic E-state index is 6.42. The van der Waals surface area contributed by atoms with Crippen LogP contribution in [0.3, 0.4) is 0 Å². The zero-order chi connectivity index (χ0) is 46.6. The fourth-order valence-electron chi connectivity index (χ4n) is 9.14. The van der Waals surface area contributed by atoms with Crippen molar-refractivity contribution in [3.8, 4) is 39.1 Å². The molecule has 0 atom stereocenters. The second kappa shape index (κ2) is 19.3. The summed E-state index contributed by atoms with van der Waals surface area (Å²) in [5, 5.41) is 4.75. The van der Waals surface area contributed by atoms with Crippen molar-refractivity contribution in [2.75, 3.05) is 0 Å². The summed E-state index contributed by atoms with van der Waals surface area (Å²) >= 11 is 0. The van der Waals surface area contributed by atoms with Crippen molar-refractivity contribution in [3.63, 3.8) is 0 Å². The van der Waals surface area contributed by atoms with E-state index in [1.165, 1.54) is 83.0 Å². The lowest BCUT2D eigenvalue weighted by Gasteiger charge is -2.09. The van der Waals surface area contributed by atoms with Gasteiger partial charge in [-0.2, -0.15) is 0 Å². The van der Waals surface area contributed by atoms with Gasteiger partial charge in [0.25, 0.3) is 0 Å². The summed E-state index contributed by atoms with van der Waals surface area (Å²) in [7, 11) is 0. The summed E-state index contributed by atoms with van der Waals surface area (Å²) in [6, 6.07) is 62.3. The highest BCUT2D eigenvalue weighted by Gasteiger charge is 2.19. The lowest BCUT2D eigenvalue weighted by molar-refractivity contribution is 0.669. The van der Waals surface area contributed by atoms with Gasteiger partial charge in [-0.05, 0) is 136 Å². The number of aryl methyl sites for hydroxylation is 1. The van der Waals surface area contributed by atoms with Crippen molar-refractivity contribution in [1.82, 2.24) is 4.57 Å². The van der Waals surface area contributed by atoms with E-state index in [0.717, 1.165) is 58.0 Å². The Morgan fingerprint density at radius 3 is 1.93 bits per heavy atom. The van der Waals surface area contributed by atoms with E-state index in [1.807, 2.05) is 6.08 Å². The Balaban J connectivity index is 0.000000353. The molecule has 1 aliphatic carbocycles. The molecular formula is C65H57NO. The van der Waals surface area contributed by atoms with E-state index in [1.54, 1.807) is 12.2 Å². The van der Waals surface area contributed by atoms with E-state index in [4.69, 9.17) is 4.42 Å². The highest BCUT2D eigenvalue weighted by Crippen LogP contribution is 2.40. The summed E-state index contributed by atoms with van der Waals surface area (Å²) in [4.78, 5) is 0. The normalized spacial score (nSPS) is 11.4. The van der Waals surface area contributed by atoms with Gasteiger partial charge >= 0.3 is 0 Å². The zero-order valence-electron chi connectivity index (χ0n) is 39.0. The fraction of sp³-hybridized carbons (Fsp3) is 0.108. The predicted octanol–water partition coefficient (Wildman–Crippen LogP) is 18.2. The van der Waals surface area contributed by atoms with Crippen LogP contribution in [0.1, 0.15) is 48.1 Å². The van der Waals surface area contributed by atoms with E-state index in [0.29, 0.717) is 5.92 Å². The van der Waals surface area contributed by atoms with Crippen LogP contribution >= 0.6 is 0 Å². The molecule has 8 aromatic carbocycles. The maximum Gasteiger partial charge on any atom is 0.135 e. The number of fused-ring (bicyclic) bond motifs is 9. The SMILES string of the molecule is C=CC(=C)CC(=C)C=C.C=CC(C)C.Cc1ccc2c(c1)-c1ccc(Cc3cccc(-c4ccc5oc6ccc(-n7c8ccccc8c8cc(-c9ccccc9)ccc87)cc6c5c4)c3)cc1C2. The van der Waals surface area contributed by atoms with E-state index in [2.05, 4.69) is 228 Å². The molecule has 0 bridgehead atoms. The Hall–Kier alpha value is -7.94. The number of hydrogen-bond donors (Lipinski definition) is 0. The Kier molecular flexibility index (Phi) is 12.7. The van der Waals surface area contributed by atoms with Crippen LogP contribution in [0.15, 0.2) is 237 Å². The number of nitrogens with zero attached hydrogens (tertiary/aromatic N) is 1. The van der Waals surface area contributed by atoms with E-state index in [-0.39, 0.29) is 0 Å². The van der Waals surface area contributed by atoms with Gasteiger partial charge < -0.3 is 8.98 Å². The van der Waals surface area contributed by atoms with Crippen LogP contribution in [-0.2, 0) is 12.8 Å². The summed E-state index contributed by atoms with van der Waals surface area (Å²) in [6.45, 7) is 24.6. The average Bonchev–Trinajstić information content (AvgIpc) is 4.02. The highest BCUT2D eigenvalue weighted by molar-refractivity contribution is 6.12. The molecule has 67 heavy (non-hydrogen) atoms. The number of furan rings is 1. The molecule has 0 aliphatic heterocycles. The summed E-state index contributed by atoms with van der Waals surface area (Å²) in [5.41, 5.74) is 21.8. The van der Waals surface area contributed by atoms with Crippen molar-refractivity contribution in [1.29, 1.82) is 0 Å². The molecule has 0 amide bonds. The van der Waals surface area contributed by atoms with Crippen molar-refractivity contribution in [2.45, 2.75) is 40.0 Å². The van der Waals surface area contributed by atoms with Crippen molar-refractivity contribution >= 4 is 43.7 Å². The first-order chi connectivity index (χ1) is 32.6. The monoisotopic (exact) mass is 867 g/mol. The van der Waals surface area contributed by atoms with Gasteiger partial charge in [0.05, 0.1) is 11.0 Å². The van der Waals surface area contributed by atoms with E-state index >= 15 is 0 Å². The number of para-hydroxylation sites is 1. The van der Waals surface area contributed by atoms with Gasteiger partial charge in [-0.1, -0.05) is 196 Å². The first kappa shape index (κ1) is 44.3. The number of allylic oxidation sites excluding steroid dienone is 5. The van der Waals surface area contributed by atoms with E-state index in [9.17, 15) is 0 Å². The molecule has 2 heteroatoms. The van der Waals surface area contributed by atoms with Gasteiger partial charge in [0, 0.05) is 27.2 Å². The molecule has 0 unspecified atom stereocenters. The van der Waals surface area contributed by atoms with Gasteiger partial charge in [0.2, 0.25) is 0 Å². The molecule has 11 rings (SSSR count). The topological polar surface area (TPSA) is 18.1 Å². The first-order valence-corrected chi connectivity index (χ1v) is 23.2. The predicted molar refractivity (Wildman–Crippen MR) is 289 cm³/mol. The summed E-state index contributed by atoms with van der Waals surface area (Å²) in [5.74, 6) is 0.648. The Bertz CT molecular complexity index is 3500. The third-order valence-corrected chi connectivity index (χ3v) is 12.8. The molecule has 0 spiro atoms. The molecule has 0 saturated carbocycles. The average molecular weight is 868 g/mol. The van der Waals surface area contributed by atoms with Gasteiger partial charge in [-0.25, -0.2) is 0 Å². The molecule has 0 fully saturated rings. The Morgan fingerprint density at radius 1 is 0.537 bits per heavy atom. The van der Waals surface area contributed by atoms with Crippen LogP contribution in [-0.4, -0.2) is 4.57 Å². The van der Waals surface area contributed by atoms with Crippen LogP contribution < -0.4 is 0 Å².